The number of ether oxygens (including phenoxy) is 3. The lowest BCUT2D eigenvalue weighted by Gasteiger charge is -2.36. The molecule has 2 aliphatic rings. The first-order valence-electron chi connectivity index (χ1n) is 18.7. The van der Waals surface area contributed by atoms with Gasteiger partial charge in [0.1, 0.15) is 0 Å². The summed E-state index contributed by atoms with van der Waals surface area (Å²) in [4.78, 5) is 0. The highest BCUT2D eigenvalue weighted by Crippen LogP contribution is 2.30. The zero-order chi connectivity index (χ0) is 30.5. The normalized spacial score (nSPS) is 23.1. The molecular weight excluding hydrogens is 542 g/mol. The molecule has 0 saturated carbocycles. The third-order valence-electron chi connectivity index (χ3n) is 9.17. The first-order valence-corrected chi connectivity index (χ1v) is 18.7. The molecule has 0 amide bonds. The Hall–Kier alpha value is -0.780. The van der Waals surface area contributed by atoms with Crippen molar-refractivity contribution >= 4 is 0 Å². The molecule has 0 aliphatic carbocycles. The van der Waals surface area contributed by atoms with Crippen LogP contribution < -0.4 is 0 Å². The van der Waals surface area contributed by atoms with Crippen molar-refractivity contribution in [1.82, 2.24) is 0 Å². The maximum atomic E-state index is 12.1. The Balaban J connectivity index is 1.55. The minimum absolute atomic E-state index is 0.156. The second-order valence-electron chi connectivity index (χ2n) is 13.1. The predicted molar refractivity (Wildman–Crippen MR) is 178 cm³/mol. The van der Waals surface area contributed by atoms with E-state index in [4.69, 9.17) is 14.2 Å². The molecule has 0 aromatic heterocycles. The van der Waals surface area contributed by atoms with Gasteiger partial charge in [-0.1, -0.05) is 127 Å². The van der Waals surface area contributed by atoms with Crippen LogP contribution >= 0.6 is 0 Å². The third kappa shape index (κ3) is 20.8. The van der Waals surface area contributed by atoms with E-state index in [1.54, 1.807) is 0 Å². The maximum absolute atomic E-state index is 12.1. The monoisotopic (exact) mass is 611 g/mol. The molecule has 2 saturated heterocycles. The second kappa shape index (κ2) is 28.7. The van der Waals surface area contributed by atoms with Gasteiger partial charge in [-0.3, -0.25) is 8.78 Å². The Kier molecular flexibility index (Phi) is 25.6. The molecule has 252 valence electrons. The second-order valence-corrected chi connectivity index (χ2v) is 13.1. The van der Waals surface area contributed by atoms with E-state index in [0.29, 0.717) is 11.8 Å². The minimum Gasteiger partial charge on any atom is -0.352 e. The molecule has 0 aromatic rings. The van der Waals surface area contributed by atoms with Crippen molar-refractivity contribution in [3.63, 3.8) is 0 Å². The lowest BCUT2D eigenvalue weighted by Crippen LogP contribution is -2.40. The van der Waals surface area contributed by atoms with Crippen LogP contribution in [0.3, 0.4) is 0 Å². The van der Waals surface area contributed by atoms with Gasteiger partial charge in [0.05, 0.1) is 13.3 Å². The van der Waals surface area contributed by atoms with Crippen LogP contribution in [-0.4, -0.2) is 39.1 Å². The molecule has 0 bridgehead atoms. The van der Waals surface area contributed by atoms with Crippen LogP contribution in [0.2, 0.25) is 0 Å². The van der Waals surface area contributed by atoms with E-state index < -0.39 is 0 Å². The molecular formula is C38H68F2O3. The predicted octanol–water partition coefficient (Wildman–Crippen LogP) is 12.1. The van der Waals surface area contributed by atoms with Gasteiger partial charge in [0.25, 0.3) is 0 Å². The van der Waals surface area contributed by atoms with E-state index in [1.165, 1.54) is 103 Å². The average Bonchev–Trinajstić information content (AvgIpc) is 3.03. The summed E-state index contributed by atoms with van der Waals surface area (Å²) in [5.41, 5.74) is 0. The standard InChI is InChI=1S/C38H68F2O3/c39-31-23-19-15-11-7-3-1-5-9-13-17-21-27-35-29-25-33-41-37(35)43-38-36(30-26-34-42-38)28-22-18-14-10-6-2-4-8-12-16-20-24-32-40/h21-22,27-28,35-38H,1-20,23-26,29-34H2. The van der Waals surface area contributed by atoms with Crippen LogP contribution in [0.5, 0.6) is 0 Å². The molecule has 4 atom stereocenters. The fraction of sp³-hybridized carbons (Fsp3) is 0.895. The molecule has 0 radical (unpaired) electrons. The van der Waals surface area contributed by atoms with Crippen molar-refractivity contribution in [2.75, 3.05) is 26.6 Å². The summed E-state index contributed by atoms with van der Waals surface area (Å²) in [5, 5.41) is 0. The first kappa shape index (κ1) is 38.4. The zero-order valence-electron chi connectivity index (χ0n) is 27.8. The molecule has 3 nitrogen and oxygen atoms in total. The Morgan fingerprint density at radius 2 is 0.791 bits per heavy atom. The Morgan fingerprint density at radius 1 is 0.465 bits per heavy atom. The highest BCUT2D eigenvalue weighted by atomic mass is 19.1. The smallest absolute Gasteiger partial charge is 0.166 e. The molecule has 2 heterocycles. The van der Waals surface area contributed by atoms with Crippen LogP contribution in [0, 0.1) is 11.8 Å². The topological polar surface area (TPSA) is 27.7 Å². The number of allylic oxidation sites excluding steroid dienone is 2. The summed E-state index contributed by atoms with van der Waals surface area (Å²) in [7, 11) is 0. The van der Waals surface area contributed by atoms with Crippen molar-refractivity contribution in [3.8, 4) is 0 Å². The quantitative estimate of drug-likeness (QED) is 0.0651. The van der Waals surface area contributed by atoms with Gasteiger partial charge in [0.2, 0.25) is 0 Å². The molecule has 0 spiro atoms. The SMILES string of the molecule is FCCCCCCCCCCCCC=CC1CCCOC1OC1OCCCC1C=CCCCCCCCCCCCCF. The van der Waals surface area contributed by atoms with Gasteiger partial charge in [0.15, 0.2) is 12.6 Å². The number of hydrogen-bond donors (Lipinski definition) is 0. The van der Waals surface area contributed by atoms with Gasteiger partial charge in [-0.25, -0.2) is 0 Å². The molecule has 2 fully saturated rings. The fourth-order valence-corrected chi connectivity index (χ4v) is 6.43. The summed E-state index contributed by atoms with van der Waals surface area (Å²) >= 11 is 0. The molecule has 43 heavy (non-hydrogen) atoms. The van der Waals surface area contributed by atoms with Crippen molar-refractivity contribution in [1.29, 1.82) is 0 Å². The van der Waals surface area contributed by atoms with Crippen LogP contribution in [0.25, 0.3) is 0 Å². The van der Waals surface area contributed by atoms with E-state index in [0.717, 1.165) is 77.4 Å². The van der Waals surface area contributed by atoms with Crippen LogP contribution in [-0.2, 0) is 14.2 Å². The van der Waals surface area contributed by atoms with E-state index in [9.17, 15) is 8.78 Å². The van der Waals surface area contributed by atoms with E-state index in [-0.39, 0.29) is 25.9 Å². The van der Waals surface area contributed by atoms with Crippen molar-refractivity contribution < 1.29 is 23.0 Å². The van der Waals surface area contributed by atoms with Gasteiger partial charge < -0.3 is 14.2 Å². The van der Waals surface area contributed by atoms with Gasteiger partial charge in [0, 0.05) is 25.0 Å². The summed E-state index contributed by atoms with van der Waals surface area (Å²) < 4.78 is 43.0. The summed E-state index contributed by atoms with van der Waals surface area (Å²) in [6, 6.07) is 0. The fourth-order valence-electron chi connectivity index (χ4n) is 6.43. The largest absolute Gasteiger partial charge is 0.352 e. The molecule has 4 unspecified atom stereocenters. The summed E-state index contributed by atoms with van der Waals surface area (Å²) in [5.74, 6) is 0.632. The Bertz CT molecular complexity index is 601. The molecule has 2 rings (SSSR count). The van der Waals surface area contributed by atoms with Gasteiger partial charge in [-0.2, -0.15) is 0 Å². The van der Waals surface area contributed by atoms with Crippen molar-refractivity contribution in [3.05, 3.63) is 24.3 Å². The molecule has 5 heteroatoms. The summed E-state index contributed by atoms with van der Waals surface area (Å²) in [6.45, 7) is 1.24. The zero-order valence-corrected chi connectivity index (χ0v) is 27.8. The van der Waals surface area contributed by atoms with Crippen LogP contribution in [0.1, 0.15) is 167 Å². The van der Waals surface area contributed by atoms with Crippen LogP contribution in [0.4, 0.5) is 8.78 Å². The lowest BCUT2D eigenvalue weighted by molar-refractivity contribution is -0.286. The number of unbranched alkanes of at least 4 members (excludes halogenated alkanes) is 20. The highest BCUT2D eigenvalue weighted by molar-refractivity contribution is 4.94. The van der Waals surface area contributed by atoms with Crippen LogP contribution in [0.15, 0.2) is 24.3 Å². The van der Waals surface area contributed by atoms with E-state index in [1.807, 2.05) is 0 Å². The maximum Gasteiger partial charge on any atom is 0.166 e. The first-order chi connectivity index (χ1) is 21.3. The minimum atomic E-state index is -0.197. The number of halogens is 2. The van der Waals surface area contributed by atoms with Crippen molar-refractivity contribution in [2.24, 2.45) is 11.8 Å². The van der Waals surface area contributed by atoms with E-state index >= 15 is 0 Å². The molecule has 2 aliphatic heterocycles. The molecule has 0 aromatic carbocycles. The summed E-state index contributed by atoms with van der Waals surface area (Å²) in [6.07, 6.45) is 40.0. The number of rotatable bonds is 28. The average molecular weight is 611 g/mol. The third-order valence-corrected chi connectivity index (χ3v) is 9.17. The van der Waals surface area contributed by atoms with Crippen molar-refractivity contribution in [2.45, 2.75) is 180 Å². The Labute approximate surface area is 265 Å². The van der Waals surface area contributed by atoms with E-state index in [2.05, 4.69) is 24.3 Å². The Morgan fingerprint density at radius 3 is 1.14 bits per heavy atom. The van der Waals surface area contributed by atoms with Gasteiger partial charge >= 0.3 is 0 Å². The van der Waals surface area contributed by atoms with Gasteiger partial charge in [-0.15, -0.1) is 0 Å². The lowest BCUT2D eigenvalue weighted by atomic mass is 9.97. The van der Waals surface area contributed by atoms with Gasteiger partial charge in [-0.05, 0) is 64.2 Å². The number of alkyl halides is 2. The molecule has 0 N–H and O–H groups in total. The highest BCUT2D eigenvalue weighted by Gasteiger charge is 2.32. The number of hydrogen-bond acceptors (Lipinski definition) is 3.